The minimum Gasteiger partial charge on any atom is -0.318 e. The first-order valence-corrected chi connectivity index (χ1v) is 5.72. The Kier molecular flexibility index (Phi) is 3.36. The Bertz CT molecular complexity index is 544. The lowest BCUT2D eigenvalue weighted by Gasteiger charge is -2.01. The summed E-state index contributed by atoms with van der Waals surface area (Å²) >= 11 is 0. The molecule has 94 valence electrons. The minimum atomic E-state index is -0.344. The van der Waals surface area contributed by atoms with Gasteiger partial charge in [-0.15, -0.1) is 5.10 Å². The Morgan fingerprint density at radius 1 is 1.39 bits per heavy atom. The Hall–Kier alpha value is -2.24. The number of carbonyl (C=O) groups is 1. The van der Waals surface area contributed by atoms with E-state index in [1.54, 1.807) is 12.3 Å². The van der Waals surface area contributed by atoms with Crippen molar-refractivity contribution < 1.29 is 4.79 Å². The van der Waals surface area contributed by atoms with Gasteiger partial charge in [-0.3, -0.25) is 14.9 Å². The molecule has 0 aliphatic heterocycles. The zero-order chi connectivity index (χ0) is 13.1. The molecule has 0 saturated carbocycles. The van der Waals surface area contributed by atoms with Gasteiger partial charge in [0.25, 0.3) is 5.91 Å². The van der Waals surface area contributed by atoms with E-state index in [1.807, 2.05) is 26.8 Å². The summed E-state index contributed by atoms with van der Waals surface area (Å²) in [5, 5.41) is 9.32. The van der Waals surface area contributed by atoms with E-state index in [-0.39, 0.29) is 17.6 Å². The number of carbonyl (C=O) groups excluding carboxylic acids is 1. The maximum absolute atomic E-state index is 11.9. The van der Waals surface area contributed by atoms with Gasteiger partial charge in [0.05, 0.1) is 11.9 Å². The second-order valence-electron chi connectivity index (χ2n) is 4.34. The molecule has 6 heteroatoms. The van der Waals surface area contributed by atoms with Gasteiger partial charge < -0.3 is 5.32 Å². The molecule has 2 aromatic rings. The highest BCUT2D eigenvalue weighted by Crippen LogP contribution is 2.10. The summed E-state index contributed by atoms with van der Waals surface area (Å²) in [6.07, 6.45) is 1.60. The molecule has 0 saturated heterocycles. The number of amides is 1. The monoisotopic (exact) mass is 245 g/mol. The van der Waals surface area contributed by atoms with Gasteiger partial charge in [0.15, 0.2) is 0 Å². The van der Waals surface area contributed by atoms with Crippen molar-refractivity contribution in [3.05, 3.63) is 35.7 Å². The van der Waals surface area contributed by atoms with Crippen molar-refractivity contribution in [3.63, 3.8) is 0 Å². The van der Waals surface area contributed by atoms with Crippen molar-refractivity contribution in [1.29, 1.82) is 0 Å². The second-order valence-corrected chi connectivity index (χ2v) is 4.34. The Labute approximate surface area is 105 Å². The molecule has 18 heavy (non-hydrogen) atoms. The number of H-pyrrole nitrogens is 1. The number of aromatic amines is 1. The van der Waals surface area contributed by atoms with Crippen LogP contribution in [0.4, 0.5) is 5.69 Å². The SMILES string of the molecule is Cc1ccc(NC(=O)c2n[nH]c(C(C)C)n2)cn1. The molecule has 0 unspecified atom stereocenters. The summed E-state index contributed by atoms with van der Waals surface area (Å²) in [6.45, 7) is 5.84. The minimum absolute atomic E-state index is 0.138. The fourth-order valence-electron chi connectivity index (χ4n) is 1.36. The number of aromatic nitrogens is 4. The van der Waals surface area contributed by atoms with Gasteiger partial charge in [0.2, 0.25) is 5.82 Å². The number of hydrogen-bond acceptors (Lipinski definition) is 4. The van der Waals surface area contributed by atoms with Crippen LogP contribution in [0.3, 0.4) is 0 Å². The van der Waals surface area contributed by atoms with Crippen LogP contribution in [0.1, 0.15) is 41.9 Å². The largest absolute Gasteiger partial charge is 0.318 e. The van der Waals surface area contributed by atoms with E-state index in [1.165, 1.54) is 0 Å². The molecule has 0 fully saturated rings. The van der Waals surface area contributed by atoms with Gasteiger partial charge in [-0.2, -0.15) is 0 Å². The third-order valence-electron chi connectivity index (χ3n) is 2.42. The van der Waals surface area contributed by atoms with Crippen LogP contribution in [0.5, 0.6) is 0 Å². The van der Waals surface area contributed by atoms with Crippen molar-refractivity contribution in [2.45, 2.75) is 26.7 Å². The molecule has 0 aliphatic rings. The molecule has 2 heterocycles. The Morgan fingerprint density at radius 3 is 2.72 bits per heavy atom. The first kappa shape index (κ1) is 12.2. The second kappa shape index (κ2) is 4.95. The number of pyridine rings is 1. The van der Waals surface area contributed by atoms with Crippen LogP contribution < -0.4 is 5.32 Å². The van der Waals surface area contributed by atoms with Gasteiger partial charge in [0.1, 0.15) is 5.82 Å². The van der Waals surface area contributed by atoms with E-state index in [2.05, 4.69) is 25.5 Å². The third kappa shape index (κ3) is 2.71. The summed E-state index contributed by atoms with van der Waals surface area (Å²) in [6, 6.07) is 3.61. The normalized spacial score (nSPS) is 10.7. The molecular weight excluding hydrogens is 230 g/mol. The molecule has 1 amide bonds. The highest BCUT2D eigenvalue weighted by atomic mass is 16.2. The molecule has 0 aliphatic carbocycles. The summed E-state index contributed by atoms with van der Waals surface area (Å²) in [5.41, 5.74) is 1.52. The number of rotatable bonds is 3. The molecule has 0 radical (unpaired) electrons. The molecule has 2 N–H and O–H groups in total. The fourth-order valence-corrected chi connectivity index (χ4v) is 1.36. The van der Waals surface area contributed by atoms with Gasteiger partial charge in [-0.25, -0.2) is 4.98 Å². The predicted molar refractivity (Wildman–Crippen MR) is 67.4 cm³/mol. The van der Waals surface area contributed by atoms with E-state index >= 15 is 0 Å². The molecule has 0 aromatic carbocycles. The predicted octanol–water partition coefficient (Wildman–Crippen LogP) is 1.88. The zero-order valence-electron chi connectivity index (χ0n) is 10.6. The molecular formula is C12H15N5O. The maximum Gasteiger partial charge on any atom is 0.295 e. The van der Waals surface area contributed by atoms with Crippen LogP contribution in [0, 0.1) is 6.92 Å². The summed E-state index contributed by atoms with van der Waals surface area (Å²) in [4.78, 5) is 20.1. The average molecular weight is 245 g/mol. The van der Waals surface area contributed by atoms with E-state index < -0.39 is 0 Å². The molecule has 6 nitrogen and oxygen atoms in total. The van der Waals surface area contributed by atoms with Gasteiger partial charge in [-0.1, -0.05) is 13.8 Å². The highest BCUT2D eigenvalue weighted by Gasteiger charge is 2.14. The van der Waals surface area contributed by atoms with Crippen molar-refractivity contribution in [2.24, 2.45) is 0 Å². The third-order valence-corrected chi connectivity index (χ3v) is 2.42. The van der Waals surface area contributed by atoms with Crippen molar-refractivity contribution in [3.8, 4) is 0 Å². The average Bonchev–Trinajstić information content (AvgIpc) is 2.81. The van der Waals surface area contributed by atoms with Gasteiger partial charge in [0, 0.05) is 11.6 Å². The topological polar surface area (TPSA) is 83.6 Å². The standard InChI is InChI=1S/C12H15N5O/c1-7(2)10-15-11(17-16-10)12(18)14-9-5-4-8(3)13-6-9/h4-7H,1-3H3,(H,14,18)(H,15,16,17). The van der Waals surface area contributed by atoms with E-state index in [4.69, 9.17) is 0 Å². The lowest BCUT2D eigenvalue weighted by molar-refractivity contribution is 0.101. The number of hydrogen-bond donors (Lipinski definition) is 2. The summed E-state index contributed by atoms with van der Waals surface area (Å²) < 4.78 is 0. The lowest BCUT2D eigenvalue weighted by Crippen LogP contribution is -2.14. The van der Waals surface area contributed by atoms with Crippen LogP contribution in [-0.4, -0.2) is 26.1 Å². The molecule has 2 rings (SSSR count). The highest BCUT2D eigenvalue weighted by molar-refractivity contribution is 6.01. The van der Waals surface area contributed by atoms with Crippen LogP contribution in [0.2, 0.25) is 0 Å². The van der Waals surface area contributed by atoms with E-state index in [0.29, 0.717) is 11.5 Å². The Balaban J connectivity index is 2.09. The number of nitrogens with one attached hydrogen (secondary N) is 2. The first-order chi connectivity index (χ1) is 8.56. The van der Waals surface area contributed by atoms with Crippen LogP contribution in [-0.2, 0) is 0 Å². The molecule has 0 bridgehead atoms. The summed E-state index contributed by atoms with van der Waals surface area (Å²) in [5.74, 6) is 0.699. The van der Waals surface area contributed by atoms with E-state index in [9.17, 15) is 4.79 Å². The molecule has 0 atom stereocenters. The Morgan fingerprint density at radius 2 is 2.17 bits per heavy atom. The first-order valence-electron chi connectivity index (χ1n) is 5.72. The quantitative estimate of drug-likeness (QED) is 0.864. The van der Waals surface area contributed by atoms with Crippen LogP contribution >= 0.6 is 0 Å². The van der Waals surface area contributed by atoms with Crippen molar-refractivity contribution >= 4 is 11.6 Å². The smallest absolute Gasteiger partial charge is 0.295 e. The number of nitrogens with zero attached hydrogens (tertiary/aromatic N) is 3. The van der Waals surface area contributed by atoms with Crippen LogP contribution in [0.25, 0.3) is 0 Å². The fraction of sp³-hybridized carbons (Fsp3) is 0.333. The van der Waals surface area contributed by atoms with Crippen LogP contribution in [0.15, 0.2) is 18.3 Å². The number of aryl methyl sites for hydroxylation is 1. The van der Waals surface area contributed by atoms with E-state index in [0.717, 1.165) is 5.69 Å². The summed E-state index contributed by atoms with van der Waals surface area (Å²) in [7, 11) is 0. The van der Waals surface area contributed by atoms with Gasteiger partial charge >= 0.3 is 0 Å². The lowest BCUT2D eigenvalue weighted by atomic mass is 10.2. The van der Waals surface area contributed by atoms with Crippen molar-refractivity contribution in [2.75, 3.05) is 5.32 Å². The molecule has 0 spiro atoms. The van der Waals surface area contributed by atoms with Crippen molar-refractivity contribution in [1.82, 2.24) is 20.2 Å². The van der Waals surface area contributed by atoms with Gasteiger partial charge in [-0.05, 0) is 19.1 Å². The number of anilines is 1. The maximum atomic E-state index is 11.9. The molecule has 2 aromatic heterocycles. The zero-order valence-corrected chi connectivity index (χ0v) is 10.6.